The number of amides is 1. The van der Waals surface area contributed by atoms with E-state index in [0.717, 1.165) is 28.1 Å². The molecule has 3 aromatic rings. The zero-order chi connectivity index (χ0) is 17.9. The van der Waals surface area contributed by atoms with Crippen molar-refractivity contribution < 1.29 is 9.53 Å². The van der Waals surface area contributed by atoms with E-state index >= 15 is 0 Å². The summed E-state index contributed by atoms with van der Waals surface area (Å²) in [5.74, 6) is 1.76. The zero-order valence-electron chi connectivity index (χ0n) is 14.2. The van der Waals surface area contributed by atoms with Crippen molar-refractivity contribution in [1.29, 1.82) is 0 Å². The lowest BCUT2D eigenvalue weighted by atomic mass is 10.0. The maximum Gasteiger partial charge on any atom is 0.235 e. The summed E-state index contributed by atoms with van der Waals surface area (Å²) in [5.41, 5.74) is 4.08. The second-order valence-corrected chi connectivity index (χ2v) is 7.17. The summed E-state index contributed by atoms with van der Waals surface area (Å²) < 4.78 is 5.92. The third-order valence-electron chi connectivity index (χ3n) is 4.18. The highest BCUT2D eigenvalue weighted by molar-refractivity contribution is 8.00. The summed E-state index contributed by atoms with van der Waals surface area (Å²) in [7, 11) is 0. The Morgan fingerprint density at radius 2 is 2.23 bits per heavy atom. The van der Waals surface area contributed by atoms with Gasteiger partial charge in [-0.2, -0.15) is 5.10 Å². The van der Waals surface area contributed by atoms with Gasteiger partial charge in [0.15, 0.2) is 5.82 Å². The van der Waals surface area contributed by atoms with Gasteiger partial charge in [-0.05, 0) is 30.7 Å². The largest absolute Gasteiger partial charge is 0.489 e. The van der Waals surface area contributed by atoms with Crippen LogP contribution in [0.3, 0.4) is 0 Å². The number of H-pyrrole nitrogens is 1. The smallest absolute Gasteiger partial charge is 0.235 e. The number of ether oxygens (including phenoxy) is 1. The molecule has 7 heteroatoms. The molecule has 0 radical (unpaired) electrons. The van der Waals surface area contributed by atoms with Crippen LogP contribution < -0.4 is 10.1 Å². The maximum atomic E-state index is 11.9. The number of aryl methyl sites for hydroxylation is 1. The lowest BCUT2D eigenvalue weighted by molar-refractivity contribution is -0.113. The molecule has 132 valence electrons. The number of aromatic amines is 1. The predicted molar refractivity (Wildman–Crippen MR) is 101 cm³/mol. The van der Waals surface area contributed by atoms with Crippen LogP contribution in [0.2, 0.25) is 0 Å². The molecule has 0 saturated carbocycles. The van der Waals surface area contributed by atoms with E-state index in [1.54, 1.807) is 24.2 Å². The molecule has 6 nitrogen and oxygen atoms in total. The summed E-state index contributed by atoms with van der Waals surface area (Å²) in [6.45, 7) is 2.44. The van der Waals surface area contributed by atoms with Gasteiger partial charge >= 0.3 is 0 Å². The highest BCUT2D eigenvalue weighted by Crippen LogP contribution is 2.42. The Kier molecular flexibility index (Phi) is 4.62. The first kappa shape index (κ1) is 16.7. The van der Waals surface area contributed by atoms with Crippen LogP contribution in [0.5, 0.6) is 5.75 Å². The highest BCUT2D eigenvalue weighted by atomic mass is 32.2. The third-order valence-corrected chi connectivity index (χ3v) is 5.45. The van der Waals surface area contributed by atoms with Gasteiger partial charge in [0.1, 0.15) is 12.4 Å². The monoisotopic (exact) mass is 366 g/mol. The van der Waals surface area contributed by atoms with Gasteiger partial charge in [-0.3, -0.25) is 14.9 Å². The van der Waals surface area contributed by atoms with E-state index in [2.05, 4.69) is 26.6 Å². The topological polar surface area (TPSA) is 79.9 Å². The van der Waals surface area contributed by atoms with E-state index in [9.17, 15) is 4.79 Å². The first-order valence-electron chi connectivity index (χ1n) is 8.28. The van der Waals surface area contributed by atoms with Crippen LogP contribution in [0, 0.1) is 6.92 Å². The quantitative estimate of drug-likeness (QED) is 0.739. The minimum absolute atomic E-state index is 0.0182. The lowest BCUT2D eigenvalue weighted by Gasteiger charge is -2.16. The fourth-order valence-corrected chi connectivity index (χ4v) is 4.13. The van der Waals surface area contributed by atoms with Gasteiger partial charge in [0.2, 0.25) is 5.91 Å². The molecule has 3 heterocycles. The number of benzene rings is 1. The fraction of sp³-hybridized carbons (Fsp3) is 0.211. The molecular formula is C19H18N4O2S. The van der Waals surface area contributed by atoms with Gasteiger partial charge in [-0.15, -0.1) is 11.8 Å². The van der Waals surface area contributed by atoms with Gasteiger partial charge in [-0.1, -0.05) is 18.2 Å². The summed E-state index contributed by atoms with van der Waals surface area (Å²) in [6.07, 6.45) is 3.54. The number of carbonyl (C=O) groups is 1. The van der Waals surface area contributed by atoms with Crippen LogP contribution in [-0.2, 0) is 11.4 Å². The number of aromatic nitrogens is 3. The van der Waals surface area contributed by atoms with E-state index in [1.165, 1.54) is 0 Å². The van der Waals surface area contributed by atoms with Gasteiger partial charge < -0.3 is 10.1 Å². The molecule has 1 aromatic carbocycles. The minimum atomic E-state index is -0.0331. The van der Waals surface area contributed by atoms with Crippen molar-refractivity contribution in [3.8, 4) is 5.75 Å². The first-order valence-corrected chi connectivity index (χ1v) is 9.33. The number of anilines is 1. The van der Waals surface area contributed by atoms with E-state index in [-0.39, 0.29) is 11.2 Å². The number of thioether (sulfide) groups is 1. The molecule has 1 aliphatic heterocycles. The standard InChI is InChI=1S/C19H18N4O2S/c1-12-17-18(26-11-16(24)21-19(17)23-22-12)14-5-2-6-15(8-14)25-10-13-4-3-7-20-9-13/h2-9,18H,10-11H2,1H3,(H2,21,22,23,24)/t18-/m0/s1. The lowest BCUT2D eigenvalue weighted by Crippen LogP contribution is -2.12. The van der Waals surface area contributed by atoms with E-state index in [0.29, 0.717) is 18.2 Å². The van der Waals surface area contributed by atoms with Crippen LogP contribution in [0.15, 0.2) is 48.8 Å². The second-order valence-electron chi connectivity index (χ2n) is 6.07. The molecule has 2 aromatic heterocycles. The van der Waals surface area contributed by atoms with Crippen LogP contribution in [-0.4, -0.2) is 26.8 Å². The average Bonchev–Trinajstić information content (AvgIpc) is 2.92. The van der Waals surface area contributed by atoms with Gasteiger partial charge in [-0.25, -0.2) is 0 Å². The van der Waals surface area contributed by atoms with Crippen molar-refractivity contribution in [1.82, 2.24) is 15.2 Å². The number of hydrogen-bond donors (Lipinski definition) is 2. The molecule has 0 bridgehead atoms. The van der Waals surface area contributed by atoms with E-state index in [4.69, 9.17) is 4.74 Å². The number of hydrogen-bond acceptors (Lipinski definition) is 5. The van der Waals surface area contributed by atoms with Crippen molar-refractivity contribution in [2.45, 2.75) is 18.8 Å². The molecule has 1 aliphatic rings. The summed E-state index contributed by atoms with van der Waals surface area (Å²) in [5, 5.41) is 10.1. The molecular weight excluding hydrogens is 348 g/mol. The van der Waals surface area contributed by atoms with Crippen molar-refractivity contribution in [2.75, 3.05) is 11.1 Å². The Hall–Kier alpha value is -2.80. The fourth-order valence-electron chi connectivity index (χ4n) is 2.94. The third kappa shape index (κ3) is 3.43. The molecule has 4 rings (SSSR count). The number of nitrogens with zero attached hydrogens (tertiary/aromatic N) is 2. The van der Waals surface area contributed by atoms with E-state index < -0.39 is 0 Å². The van der Waals surface area contributed by atoms with Crippen LogP contribution in [0.25, 0.3) is 0 Å². The SMILES string of the molecule is Cc1[nH]nc2c1[C@H](c1cccc(OCc3cccnc3)c1)SCC(=O)N2. The Labute approximate surface area is 155 Å². The summed E-state index contributed by atoms with van der Waals surface area (Å²) in [4.78, 5) is 16.0. The maximum absolute atomic E-state index is 11.9. The molecule has 1 atom stereocenters. The second kappa shape index (κ2) is 7.21. The minimum Gasteiger partial charge on any atom is -0.489 e. The van der Waals surface area contributed by atoms with Crippen LogP contribution in [0.4, 0.5) is 5.82 Å². The van der Waals surface area contributed by atoms with Crippen molar-refractivity contribution in [3.63, 3.8) is 0 Å². The van der Waals surface area contributed by atoms with Gasteiger partial charge in [0.25, 0.3) is 0 Å². The summed E-state index contributed by atoms with van der Waals surface area (Å²) in [6, 6.07) is 11.9. The molecule has 26 heavy (non-hydrogen) atoms. The zero-order valence-corrected chi connectivity index (χ0v) is 15.0. The molecule has 0 unspecified atom stereocenters. The number of carbonyl (C=O) groups excluding carboxylic acids is 1. The number of rotatable bonds is 4. The first-order chi connectivity index (χ1) is 12.7. The molecule has 1 amide bonds. The average molecular weight is 366 g/mol. The van der Waals surface area contributed by atoms with E-state index in [1.807, 2.05) is 37.3 Å². The van der Waals surface area contributed by atoms with Crippen molar-refractivity contribution in [2.24, 2.45) is 0 Å². The number of nitrogens with one attached hydrogen (secondary N) is 2. The Morgan fingerprint density at radius 3 is 3.08 bits per heavy atom. The highest BCUT2D eigenvalue weighted by Gasteiger charge is 2.28. The predicted octanol–water partition coefficient (Wildman–Crippen LogP) is 3.47. The molecule has 0 aliphatic carbocycles. The van der Waals surface area contributed by atoms with Gasteiger partial charge in [0, 0.05) is 29.2 Å². The Morgan fingerprint density at radius 1 is 1.31 bits per heavy atom. The normalized spacial score (nSPS) is 16.5. The Balaban J connectivity index is 1.60. The number of fused-ring (bicyclic) bond motifs is 1. The van der Waals surface area contributed by atoms with Crippen LogP contribution >= 0.6 is 11.8 Å². The molecule has 0 saturated heterocycles. The number of pyridine rings is 1. The molecule has 0 spiro atoms. The van der Waals surface area contributed by atoms with Crippen LogP contribution in [0.1, 0.15) is 27.6 Å². The summed E-state index contributed by atoms with van der Waals surface area (Å²) >= 11 is 1.59. The van der Waals surface area contributed by atoms with Crippen molar-refractivity contribution in [3.05, 3.63) is 71.2 Å². The van der Waals surface area contributed by atoms with Crippen molar-refractivity contribution >= 4 is 23.5 Å². The molecule has 0 fully saturated rings. The van der Waals surface area contributed by atoms with Gasteiger partial charge in [0.05, 0.1) is 11.0 Å². The Bertz CT molecular complexity index is 926. The molecule has 2 N–H and O–H groups in total.